The highest BCUT2D eigenvalue weighted by Crippen LogP contribution is 2.44. The molecule has 2 heteroatoms. The van der Waals surface area contributed by atoms with Crippen LogP contribution in [-0.2, 0) is 0 Å². The zero-order chi connectivity index (χ0) is 12.8. The Balaban J connectivity index is 2.11. The second-order valence-corrected chi connectivity index (χ2v) is 7.79. The summed E-state index contributed by atoms with van der Waals surface area (Å²) in [5.74, 6) is 0.751. The van der Waals surface area contributed by atoms with Crippen LogP contribution in [0.25, 0.3) is 0 Å². The highest BCUT2D eigenvalue weighted by molar-refractivity contribution is 5.06. The van der Waals surface area contributed by atoms with Gasteiger partial charge in [-0.1, -0.05) is 34.6 Å². The van der Waals surface area contributed by atoms with Crippen molar-refractivity contribution in [2.45, 2.75) is 72.0 Å². The number of piperazine rings is 1. The van der Waals surface area contributed by atoms with E-state index in [1.165, 1.54) is 19.4 Å². The van der Waals surface area contributed by atoms with Crippen LogP contribution in [0.5, 0.6) is 0 Å². The third-order valence-electron chi connectivity index (χ3n) is 4.83. The van der Waals surface area contributed by atoms with Gasteiger partial charge in [0.15, 0.2) is 0 Å². The van der Waals surface area contributed by atoms with Crippen LogP contribution in [0.3, 0.4) is 0 Å². The SMILES string of the molecule is CC(C)C1CNC(C(C)(C)C)CN1C1(C)CC1. The van der Waals surface area contributed by atoms with Crippen molar-refractivity contribution in [3.05, 3.63) is 0 Å². The number of hydrogen-bond donors (Lipinski definition) is 1. The van der Waals surface area contributed by atoms with Crippen molar-refractivity contribution in [1.82, 2.24) is 10.2 Å². The minimum absolute atomic E-state index is 0.367. The summed E-state index contributed by atoms with van der Waals surface area (Å²) < 4.78 is 0. The summed E-state index contributed by atoms with van der Waals surface area (Å²) in [6.45, 7) is 16.6. The van der Waals surface area contributed by atoms with Gasteiger partial charge in [0, 0.05) is 30.7 Å². The first kappa shape index (κ1) is 13.4. The first-order chi connectivity index (χ1) is 7.74. The Hall–Kier alpha value is -0.0800. The molecule has 2 nitrogen and oxygen atoms in total. The van der Waals surface area contributed by atoms with Gasteiger partial charge in [-0.2, -0.15) is 0 Å². The normalized spacial score (nSPS) is 34.1. The van der Waals surface area contributed by atoms with Gasteiger partial charge in [-0.3, -0.25) is 4.90 Å². The molecule has 2 unspecified atom stereocenters. The van der Waals surface area contributed by atoms with E-state index in [9.17, 15) is 0 Å². The molecule has 0 radical (unpaired) electrons. The summed E-state index contributed by atoms with van der Waals surface area (Å²) in [5, 5.41) is 3.78. The standard InChI is InChI=1S/C15H30N2/c1-11(2)12-9-16-13(14(3,4)5)10-17(12)15(6)7-8-15/h11-13,16H,7-10H2,1-6H3. The molecule has 1 aliphatic carbocycles. The molecule has 2 atom stereocenters. The lowest BCUT2D eigenvalue weighted by Crippen LogP contribution is -2.64. The Morgan fingerprint density at radius 3 is 2.24 bits per heavy atom. The summed E-state index contributed by atoms with van der Waals surface area (Å²) in [6, 6.07) is 1.36. The maximum absolute atomic E-state index is 3.78. The smallest absolute Gasteiger partial charge is 0.0249 e. The van der Waals surface area contributed by atoms with Crippen molar-refractivity contribution in [2.75, 3.05) is 13.1 Å². The Morgan fingerprint density at radius 2 is 1.82 bits per heavy atom. The molecule has 2 aliphatic rings. The molecule has 0 aromatic rings. The Bertz CT molecular complexity index is 273. The Kier molecular flexibility index (Phi) is 3.33. The van der Waals surface area contributed by atoms with Crippen molar-refractivity contribution >= 4 is 0 Å². The molecular formula is C15H30N2. The highest BCUT2D eigenvalue weighted by atomic mass is 15.3. The van der Waals surface area contributed by atoms with Gasteiger partial charge >= 0.3 is 0 Å². The molecule has 1 N–H and O–H groups in total. The fraction of sp³-hybridized carbons (Fsp3) is 1.00. The molecule has 1 heterocycles. The third-order valence-corrected chi connectivity index (χ3v) is 4.83. The molecule has 0 aromatic heterocycles. The molecule has 100 valence electrons. The van der Waals surface area contributed by atoms with Crippen molar-refractivity contribution < 1.29 is 0 Å². The Labute approximate surface area is 107 Å². The Morgan fingerprint density at radius 1 is 1.24 bits per heavy atom. The largest absolute Gasteiger partial charge is 0.311 e. The summed E-state index contributed by atoms with van der Waals surface area (Å²) >= 11 is 0. The van der Waals surface area contributed by atoms with Gasteiger partial charge in [0.2, 0.25) is 0 Å². The van der Waals surface area contributed by atoms with Gasteiger partial charge in [0.25, 0.3) is 0 Å². The quantitative estimate of drug-likeness (QED) is 0.796. The molecule has 0 amide bonds. The van der Waals surface area contributed by atoms with Gasteiger partial charge < -0.3 is 5.32 Å². The van der Waals surface area contributed by atoms with Crippen LogP contribution in [0, 0.1) is 11.3 Å². The first-order valence-corrected chi connectivity index (χ1v) is 7.24. The third kappa shape index (κ3) is 2.68. The molecule has 17 heavy (non-hydrogen) atoms. The van der Waals surface area contributed by atoms with E-state index in [1.54, 1.807) is 0 Å². The molecule has 2 rings (SSSR count). The molecule has 0 aromatic carbocycles. The van der Waals surface area contributed by atoms with Gasteiger partial charge in [-0.15, -0.1) is 0 Å². The first-order valence-electron chi connectivity index (χ1n) is 7.24. The van der Waals surface area contributed by atoms with Crippen LogP contribution in [-0.4, -0.2) is 35.6 Å². The lowest BCUT2D eigenvalue weighted by Gasteiger charge is -2.49. The molecule has 1 saturated heterocycles. The van der Waals surface area contributed by atoms with E-state index in [1.807, 2.05) is 0 Å². The summed E-state index contributed by atoms with van der Waals surface area (Å²) in [6.07, 6.45) is 2.79. The van der Waals surface area contributed by atoms with Crippen LogP contribution in [0.1, 0.15) is 54.4 Å². The lowest BCUT2D eigenvalue weighted by atomic mass is 9.83. The maximum Gasteiger partial charge on any atom is 0.0249 e. The lowest BCUT2D eigenvalue weighted by molar-refractivity contribution is 0.0248. The average Bonchev–Trinajstić information content (AvgIpc) is 2.95. The van der Waals surface area contributed by atoms with E-state index in [0.717, 1.165) is 18.5 Å². The summed E-state index contributed by atoms with van der Waals surface area (Å²) in [5.41, 5.74) is 0.881. The fourth-order valence-corrected chi connectivity index (χ4v) is 3.03. The van der Waals surface area contributed by atoms with Crippen LogP contribution >= 0.6 is 0 Å². The van der Waals surface area contributed by atoms with Crippen molar-refractivity contribution in [2.24, 2.45) is 11.3 Å². The van der Waals surface area contributed by atoms with Crippen LogP contribution < -0.4 is 5.32 Å². The van der Waals surface area contributed by atoms with E-state index >= 15 is 0 Å². The van der Waals surface area contributed by atoms with Gasteiger partial charge in [-0.05, 0) is 31.1 Å². The highest BCUT2D eigenvalue weighted by Gasteiger charge is 2.49. The summed E-state index contributed by atoms with van der Waals surface area (Å²) in [7, 11) is 0. The van der Waals surface area contributed by atoms with Gasteiger partial charge in [-0.25, -0.2) is 0 Å². The monoisotopic (exact) mass is 238 g/mol. The van der Waals surface area contributed by atoms with Gasteiger partial charge in [0.05, 0.1) is 0 Å². The zero-order valence-electron chi connectivity index (χ0n) is 12.5. The minimum Gasteiger partial charge on any atom is -0.311 e. The zero-order valence-corrected chi connectivity index (χ0v) is 12.5. The summed E-state index contributed by atoms with van der Waals surface area (Å²) in [4.78, 5) is 2.81. The van der Waals surface area contributed by atoms with E-state index in [0.29, 0.717) is 17.0 Å². The molecule has 1 aliphatic heterocycles. The van der Waals surface area contributed by atoms with Crippen LogP contribution in [0.15, 0.2) is 0 Å². The fourth-order valence-electron chi connectivity index (χ4n) is 3.03. The average molecular weight is 238 g/mol. The molecule has 1 saturated carbocycles. The molecule has 0 bridgehead atoms. The predicted octanol–water partition coefficient (Wildman–Crippen LogP) is 2.88. The van der Waals surface area contributed by atoms with Crippen LogP contribution in [0.4, 0.5) is 0 Å². The van der Waals surface area contributed by atoms with E-state index < -0.39 is 0 Å². The number of nitrogens with zero attached hydrogens (tertiary/aromatic N) is 1. The van der Waals surface area contributed by atoms with Crippen molar-refractivity contribution in [3.8, 4) is 0 Å². The van der Waals surface area contributed by atoms with E-state index in [-0.39, 0.29) is 0 Å². The van der Waals surface area contributed by atoms with Crippen LogP contribution in [0.2, 0.25) is 0 Å². The minimum atomic E-state index is 0.367. The second kappa shape index (κ2) is 4.24. The molecule has 0 spiro atoms. The number of hydrogen-bond acceptors (Lipinski definition) is 2. The van der Waals surface area contributed by atoms with Crippen molar-refractivity contribution in [3.63, 3.8) is 0 Å². The molecule has 2 fully saturated rings. The second-order valence-electron chi connectivity index (χ2n) is 7.79. The van der Waals surface area contributed by atoms with E-state index in [2.05, 4.69) is 51.8 Å². The number of rotatable bonds is 2. The predicted molar refractivity (Wildman–Crippen MR) is 74.2 cm³/mol. The maximum atomic E-state index is 3.78. The van der Waals surface area contributed by atoms with E-state index in [4.69, 9.17) is 0 Å². The topological polar surface area (TPSA) is 15.3 Å². The van der Waals surface area contributed by atoms with Crippen molar-refractivity contribution in [1.29, 1.82) is 0 Å². The van der Waals surface area contributed by atoms with Gasteiger partial charge in [0.1, 0.15) is 0 Å². The molecular weight excluding hydrogens is 208 g/mol. The number of nitrogens with one attached hydrogen (secondary N) is 1.